The lowest BCUT2D eigenvalue weighted by molar-refractivity contribution is -0.122. The van der Waals surface area contributed by atoms with E-state index < -0.39 is 6.10 Å². The maximum absolute atomic E-state index is 12.2. The zero-order chi connectivity index (χ0) is 15.9. The summed E-state index contributed by atoms with van der Waals surface area (Å²) in [5.41, 5.74) is 0.607. The normalized spacial score (nSPS) is 11.4. The van der Waals surface area contributed by atoms with E-state index in [1.165, 1.54) is 0 Å². The second kappa shape index (κ2) is 7.36. The molecular weight excluding hydrogens is 282 g/mol. The predicted molar refractivity (Wildman–Crippen MR) is 84.7 cm³/mol. The van der Waals surface area contributed by atoms with Crippen LogP contribution in [0.5, 0.6) is 17.2 Å². The first kappa shape index (κ1) is 15.7. The van der Waals surface area contributed by atoms with Gasteiger partial charge in [0, 0.05) is 6.07 Å². The number of anilines is 1. The molecule has 0 aromatic heterocycles. The van der Waals surface area contributed by atoms with Crippen molar-refractivity contribution in [2.45, 2.75) is 13.0 Å². The first-order valence-electron chi connectivity index (χ1n) is 6.88. The molecule has 0 radical (unpaired) electrons. The van der Waals surface area contributed by atoms with Crippen LogP contribution in [0.3, 0.4) is 0 Å². The van der Waals surface area contributed by atoms with Crippen LogP contribution in [0.2, 0.25) is 0 Å². The Morgan fingerprint density at radius 1 is 1.00 bits per heavy atom. The van der Waals surface area contributed by atoms with Crippen LogP contribution in [0.25, 0.3) is 0 Å². The van der Waals surface area contributed by atoms with E-state index in [1.807, 2.05) is 18.2 Å². The summed E-state index contributed by atoms with van der Waals surface area (Å²) in [6.07, 6.45) is -0.656. The van der Waals surface area contributed by atoms with Crippen molar-refractivity contribution in [3.8, 4) is 17.2 Å². The molecule has 1 amide bonds. The summed E-state index contributed by atoms with van der Waals surface area (Å²) in [6, 6.07) is 14.3. The Hall–Kier alpha value is -2.69. The van der Waals surface area contributed by atoms with Crippen molar-refractivity contribution in [2.75, 3.05) is 19.5 Å². The molecule has 2 rings (SSSR count). The summed E-state index contributed by atoms with van der Waals surface area (Å²) in [5.74, 6) is 1.59. The summed E-state index contributed by atoms with van der Waals surface area (Å²) in [5, 5.41) is 2.79. The Balaban J connectivity index is 2.02. The highest BCUT2D eigenvalue weighted by atomic mass is 16.5. The van der Waals surface area contributed by atoms with Crippen molar-refractivity contribution in [1.29, 1.82) is 0 Å². The van der Waals surface area contributed by atoms with Gasteiger partial charge in [-0.3, -0.25) is 4.79 Å². The Morgan fingerprint density at radius 3 is 2.45 bits per heavy atom. The van der Waals surface area contributed by atoms with Crippen molar-refractivity contribution in [2.24, 2.45) is 0 Å². The molecule has 1 N–H and O–H groups in total. The smallest absolute Gasteiger partial charge is 0.265 e. The molecule has 0 saturated carbocycles. The number of amides is 1. The van der Waals surface area contributed by atoms with Gasteiger partial charge in [-0.15, -0.1) is 0 Å². The summed E-state index contributed by atoms with van der Waals surface area (Å²) >= 11 is 0. The fraction of sp³-hybridized carbons (Fsp3) is 0.235. The van der Waals surface area contributed by atoms with Gasteiger partial charge in [0.05, 0.1) is 19.9 Å². The van der Waals surface area contributed by atoms with Gasteiger partial charge < -0.3 is 19.5 Å². The van der Waals surface area contributed by atoms with Crippen LogP contribution in [0.1, 0.15) is 6.92 Å². The number of carbonyl (C=O) groups is 1. The molecule has 116 valence electrons. The van der Waals surface area contributed by atoms with E-state index in [0.29, 0.717) is 22.9 Å². The number of nitrogens with one attached hydrogen (secondary N) is 1. The minimum atomic E-state index is -0.656. The molecule has 0 bridgehead atoms. The maximum atomic E-state index is 12.2. The zero-order valence-corrected chi connectivity index (χ0v) is 12.8. The lowest BCUT2D eigenvalue weighted by Crippen LogP contribution is -2.30. The molecule has 0 saturated heterocycles. The van der Waals surface area contributed by atoms with E-state index in [4.69, 9.17) is 14.2 Å². The van der Waals surface area contributed by atoms with Gasteiger partial charge in [0.15, 0.2) is 6.10 Å². The molecule has 1 atom stereocenters. The van der Waals surface area contributed by atoms with E-state index in [0.717, 1.165) is 0 Å². The second-order valence-corrected chi connectivity index (χ2v) is 4.63. The molecule has 0 aliphatic carbocycles. The standard InChI is InChI=1S/C17H19NO4/c1-12(22-14-8-6-7-13(11-14)20-2)17(19)18-15-9-4-5-10-16(15)21-3/h4-12H,1-3H3,(H,18,19)/t12-/m0/s1. The Labute approximate surface area is 129 Å². The summed E-state index contributed by atoms with van der Waals surface area (Å²) in [7, 11) is 3.14. The first-order valence-corrected chi connectivity index (χ1v) is 6.88. The first-order chi connectivity index (χ1) is 10.6. The minimum absolute atomic E-state index is 0.257. The van der Waals surface area contributed by atoms with Crippen molar-refractivity contribution in [3.63, 3.8) is 0 Å². The minimum Gasteiger partial charge on any atom is -0.497 e. The van der Waals surface area contributed by atoms with Crippen LogP contribution in [-0.4, -0.2) is 26.2 Å². The molecule has 2 aromatic carbocycles. The highest BCUT2D eigenvalue weighted by Gasteiger charge is 2.16. The molecule has 2 aromatic rings. The number of para-hydroxylation sites is 2. The molecule has 22 heavy (non-hydrogen) atoms. The summed E-state index contributed by atoms with van der Waals surface area (Å²) in [4.78, 5) is 12.2. The topological polar surface area (TPSA) is 56.8 Å². The van der Waals surface area contributed by atoms with Gasteiger partial charge in [-0.25, -0.2) is 0 Å². The van der Waals surface area contributed by atoms with Crippen LogP contribution in [0.4, 0.5) is 5.69 Å². The predicted octanol–water partition coefficient (Wildman–Crippen LogP) is 3.11. The molecule has 0 unspecified atom stereocenters. The molecule has 0 aliphatic heterocycles. The van der Waals surface area contributed by atoms with E-state index in [9.17, 15) is 4.79 Å². The third-order valence-electron chi connectivity index (χ3n) is 3.09. The third kappa shape index (κ3) is 3.91. The third-order valence-corrected chi connectivity index (χ3v) is 3.09. The van der Waals surface area contributed by atoms with E-state index in [-0.39, 0.29) is 5.91 Å². The van der Waals surface area contributed by atoms with Gasteiger partial charge >= 0.3 is 0 Å². The van der Waals surface area contributed by atoms with Crippen molar-refractivity contribution >= 4 is 11.6 Å². The maximum Gasteiger partial charge on any atom is 0.265 e. The monoisotopic (exact) mass is 301 g/mol. The van der Waals surface area contributed by atoms with Crippen LogP contribution < -0.4 is 19.5 Å². The van der Waals surface area contributed by atoms with E-state index in [1.54, 1.807) is 51.5 Å². The Bertz CT molecular complexity index is 642. The molecule has 0 heterocycles. The zero-order valence-electron chi connectivity index (χ0n) is 12.8. The van der Waals surface area contributed by atoms with Gasteiger partial charge in [0.1, 0.15) is 17.2 Å². The quantitative estimate of drug-likeness (QED) is 0.890. The molecule has 0 spiro atoms. The van der Waals surface area contributed by atoms with Crippen LogP contribution >= 0.6 is 0 Å². The van der Waals surface area contributed by atoms with Crippen molar-refractivity contribution < 1.29 is 19.0 Å². The van der Waals surface area contributed by atoms with Gasteiger partial charge in [-0.2, -0.15) is 0 Å². The van der Waals surface area contributed by atoms with Crippen molar-refractivity contribution in [3.05, 3.63) is 48.5 Å². The number of hydrogen-bond acceptors (Lipinski definition) is 4. The van der Waals surface area contributed by atoms with Crippen molar-refractivity contribution in [1.82, 2.24) is 0 Å². The number of rotatable bonds is 6. The number of methoxy groups -OCH3 is 2. The molecular formula is C17H19NO4. The number of ether oxygens (including phenoxy) is 3. The molecule has 0 fully saturated rings. The second-order valence-electron chi connectivity index (χ2n) is 4.63. The number of benzene rings is 2. The fourth-order valence-corrected chi connectivity index (χ4v) is 1.91. The molecule has 5 heteroatoms. The largest absolute Gasteiger partial charge is 0.497 e. The van der Waals surface area contributed by atoms with E-state index >= 15 is 0 Å². The highest BCUT2D eigenvalue weighted by Crippen LogP contribution is 2.24. The SMILES string of the molecule is COc1cccc(O[C@@H](C)C(=O)Nc2ccccc2OC)c1. The van der Waals surface area contributed by atoms with Crippen LogP contribution in [-0.2, 0) is 4.79 Å². The van der Waals surface area contributed by atoms with Gasteiger partial charge in [0.2, 0.25) is 0 Å². The average Bonchev–Trinajstić information content (AvgIpc) is 2.55. The summed E-state index contributed by atoms with van der Waals surface area (Å²) < 4.78 is 16.0. The Morgan fingerprint density at radius 2 is 1.73 bits per heavy atom. The highest BCUT2D eigenvalue weighted by molar-refractivity contribution is 5.95. The fourth-order valence-electron chi connectivity index (χ4n) is 1.91. The van der Waals surface area contributed by atoms with Gasteiger partial charge in [-0.1, -0.05) is 18.2 Å². The van der Waals surface area contributed by atoms with E-state index in [2.05, 4.69) is 5.32 Å². The van der Waals surface area contributed by atoms with Crippen LogP contribution in [0, 0.1) is 0 Å². The molecule has 0 aliphatic rings. The average molecular weight is 301 g/mol. The lowest BCUT2D eigenvalue weighted by Gasteiger charge is -2.16. The van der Waals surface area contributed by atoms with Gasteiger partial charge in [-0.05, 0) is 31.2 Å². The van der Waals surface area contributed by atoms with Crippen LogP contribution in [0.15, 0.2) is 48.5 Å². The van der Waals surface area contributed by atoms with Gasteiger partial charge in [0.25, 0.3) is 5.91 Å². The Kier molecular flexibility index (Phi) is 5.25. The summed E-state index contributed by atoms with van der Waals surface area (Å²) in [6.45, 7) is 1.68. The lowest BCUT2D eigenvalue weighted by atomic mass is 10.2. The number of hydrogen-bond donors (Lipinski definition) is 1. The molecule has 5 nitrogen and oxygen atoms in total. The number of carbonyl (C=O) groups excluding carboxylic acids is 1.